The highest BCUT2D eigenvalue weighted by molar-refractivity contribution is 5.96. The Bertz CT molecular complexity index is 1140. The van der Waals surface area contributed by atoms with Crippen molar-refractivity contribution in [3.05, 3.63) is 65.4 Å². The lowest BCUT2D eigenvalue weighted by molar-refractivity contribution is -0.0277. The van der Waals surface area contributed by atoms with E-state index in [4.69, 9.17) is 13.9 Å². The molecule has 2 aromatic carbocycles. The average Bonchev–Trinajstić information content (AvgIpc) is 3.54. The number of benzene rings is 2. The molecule has 2 aliphatic rings. The normalized spacial score (nSPS) is 20.5. The summed E-state index contributed by atoms with van der Waals surface area (Å²) < 4.78 is 16.8. The molecule has 7 heteroatoms. The monoisotopic (exact) mass is 464 g/mol. The van der Waals surface area contributed by atoms with Gasteiger partial charge in [-0.1, -0.05) is 24.3 Å². The number of ether oxygens (including phenoxy) is 2. The number of para-hydroxylation sites is 1. The molecule has 180 valence electrons. The Hall–Kier alpha value is -2.87. The van der Waals surface area contributed by atoms with Crippen molar-refractivity contribution in [1.82, 2.24) is 10.2 Å². The molecule has 34 heavy (non-hydrogen) atoms. The van der Waals surface area contributed by atoms with Crippen LogP contribution in [-0.2, 0) is 16.9 Å². The number of carbonyl (C=O) groups excluding carboxylic acids is 1. The highest BCUT2D eigenvalue weighted by Gasteiger charge is 2.34. The summed E-state index contributed by atoms with van der Waals surface area (Å²) in [5.74, 6) is 0.935. The van der Waals surface area contributed by atoms with Gasteiger partial charge in [-0.2, -0.15) is 0 Å². The molecule has 1 amide bonds. The highest BCUT2D eigenvalue weighted by atomic mass is 16.5. The van der Waals surface area contributed by atoms with E-state index in [1.165, 1.54) is 0 Å². The molecule has 7 nitrogen and oxygen atoms in total. The summed E-state index contributed by atoms with van der Waals surface area (Å²) in [6, 6.07) is 15.5. The first-order valence-electron chi connectivity index (χ1n) is 12.0. The Morgan fingerprint density at radius 3 is 2.79 bits per heavy atom. The molecular weight excluding hydrogens is 432 g/mol. The molecule has 0 unspecified atom stereocenters. The summed E-state index contributed by atoms with van der Waals surface area (Å²) in [4.78, 5) is 14.9. The summed E-state index contributed by atoms with van der Waals surface area (Å²) in [5.41, 5.74) is 1.76. The maximum Gasteiger partial charge on any atom is 0.287 e. The predicted octanol–water partition coefficient (Wildman–Crippen LogP) is 3.83. The Labute approximate surface area is 199 Å². The summed E-state index contributed by atoms with van der Waals surface area (Å²) in [6.07, 6.45) is 3.37. The number of hydrogen-bond acceptors (Lipinski definition) is 6. The maximum atomic E-state index is 12.5. The van der Waals surface area contributed by atoms with Crippen LogP contribution < -0.4 is 10.1 Å². The largest absolute Gasteiger partial charge is 0.496 e. The number of aliphatic hydroxyl groups is 1. The van der Waals surface area contributed by atoms with Gasteiger partial charge in [-0.05, 0) is 55.5 Å². The number of nitrogens with zero attached hydrogens (tertiary/aromatic N) is 1. The lowest BCUT2D eigenvalue weighted by atomic mass is 9.84. The number of hydrogen-bond donors (Lipinski definition) is 2. The van der Waals surface area contributed by atoms with Gasteiger partial charge in [0.15, 0.2) is 5.76 Å². The Balaban J connectivity index is 1.23. The maximum absolute atomic E-state index is 12.5. The molecule has 0 saturated carbocycles. The molecule has 3 aromatic rings. The summed E-state index contributed by atoms with van der Waals surface area (Å²) >= 11 is 0. The zero-order chi connectivity index (χ0) is 23.5. The van der Waals surface area contributed by atoms with Crippen LogP contribution in [0.4, 0.5) is 0 Å². The van der Waals surface area contributed by atoms with E-state index in [1.54, 1.807) is 13.2 Å². The van der Waals surface area contributed by atoms with E-state index in [2.05, 4.69) is 16.3 Å². The number of carbonyl (C=O) groups is 1. The number of methoxy groups -OCH3 is 1. The summed E-state index contributed by atoms with van der Waals surface area (Å²) in [7, 11) is 1.69. The molecule has 2 saturated heterocycles. The van der Waals surface area contributed by atoms with Crippen LogP contribution in [0.5, 0.6) is 5.75 Å². The van der Waals surface area contributed by atoms with Crippen LogP contribution in [0.1, 0.15) is 47.4 Å². The van der Waals surface area contributed by atoms with Crippen molar-refractivity contribution in [3.8, 4) is 5.75 Å². The molecule has 0 aliphatic carbocycles. The van der Waals surface area contributed by atoms with Gasteiger partial charge in [0.1, 0.15) is 11.3 Å². The molecule has 1 aromatic heterocycles. The molecule has 2 aliphatic heterocycles. The van der Waals surface area contributed by atoms with Crippen LogP contribution in [0.25, 0.3) is 11.0 Å². The van der Waals surface area contributed by atoms with Crippen molar-refractivity contribution in [2.24, 2.45) is 0 Å². The van der Waals surface area contributed by atoms with Crippen molar-refractivity contribution in [1.29, 1.82) is 0 Å². The van der Waals surface area contributed by atoms with Crippen LogP contribution in [0.2, 0.25) is 0 Å². The standard InChI is InChI=1S/C27H32N2O5/c1-32-23-7-3-2-5-19(23)18-29-12-10-27(31,11-13-29)21-8-9-24-20(15-21)16-25(34-24)26(30)28-17-22-6-4-14-33-22/h2-3,5,7-9,15-16,22,31H,4,6,10-14,17-18H2,1H3,(H,28,30)/t22-/m1/s1. The number of nitrogens with one attached hydrogen (secondary N) is 1. The van der Waals surface area contributed by atoms with E-state index in [-0.39, 0.29) is 17.8 Å². The fourth-order valence-electron chi connectivity index (χ4n) is 4.99. The lowest BCUT2D eigenvalue weighted by Gasteiger charge is -2.38. The van der Waals surface area contributed by atoms with E-state index in [0.29, 0.717) is 25.0 Å². The summed E-state index contributed by atoms with van der Waals surface area (Å²) in [5, 5.41) is 15.2. The minimum absolute atomic E-state index is 0.0861. The summed E-state index contributed by atoms with van der Waals surface area (Å²) in [6.45, 7) is 3.62. The first-order valence-corrected chi connectivity index (χ1v) is 12.0. The number of piperidine rings is 1. The smallest absolute Gasteiger partial charge is 0.287 e. The van der Waals surface area contributed by atoms with Crippen molar-refractivity contribution >= 4 is 16.9 Å². The Kier molecular flexibility index (Phi) is 6.59. The minimum atomic E-state index is -0.898. The quantitative estimate of drug-likeness (QED) is 0.553. The Morgan fingerprint density at radius 1 is 1.21 bits per heavy atom. The zero-order valence-electron chi connectivity index (χ0n) is 19.6. The fourth-order valence-corrected chi connectivity index (χ4v) is 4.99. The van der Waals surface area contributed by atoms with Gasteiger partial charge in [0, 0.05) is 43.7 Å². The SMILES string of the molecule is COc1ccccc1CN1CCC(O)(c2ccc3oc(C(=O)NC[C@H]4CCCO4)cc3c2)CC1. The van der Waals surface area contributed by atoms with E-state index in [1.807, 2.05) is 36.4 Å². The van der Waals surface area contributed by atoms with Crippen molar-refractivity contribution < 1.29 is 23.8 Å². The second-order valence-corrected chi connectivity index (χ2v) is 9.33. The number of amides is 1. The van der Waals surface area contributed by atoms with Gasteiger partial charge in [-0.15, -0.1) is 0 Å². The molecule has 2 N–H and O–H groups in total. The van der Waals surface area contributed by atoms with Crippen LogP contribution in [0, 0.1) is 0 Å². The fraction of sp³-hybridized carbons (Fsp3) is 0.444. The molecule has 0 bridgehead atoms. The molecule has 0 spiro atoms. The van der Waals surface area contributed by atoms with E-state index in [9.17, 15) is 9.90 Å². The molecule has 3 heterocycles. The molecule has 0 radical (unpaired) electrons. The van der Waals surface area contributed by atoms with Gasteiger partial charge in [0.25, 0.3) is 5.91 Å². The van der Waals surface area contributed by atoms with Gasteiger partial charge in [0.05, 0.1) is 18.8 Å². The van der Waals surface area contributed by atoms with Gasteiger partial charge < -0.3 is 24.3 Å². The van der Waals surface area contributed by atoms with Gasteiger partial charge in [-0.3, -0.25) is 9.69 Å². The van der Waals surface area contributed by atoms with Crippen molar-refractivity contribution in [2.45, 2.75) is 43.9 Å². The van der Waals surface area contributed by atoms with Crippen LogP contribution in [0.15, 0.2) is 52.9 Å². The average molecular weight is 465 g/mol. The highest BCUT2D eigenvalue weighted by Crippen LogP contribution is 2.36. The lowest BCUT2D eigenvalue weighted by Crippen LogP contribution is -2.42. The second kappa shape index (κ2) is 9.78. The number of fused-ring (bicyclic) bond motifs is 1. The molecule has 1 atom stereocenters. The second-order valence-electron chi connectivity index (χ2n) is 9.33. The first kappa shape index (κ1) is 22.9. The number of likely N-dealkylation sites (tertiary alicyclic amines) is 1. The first-order chi connectivity index (χ1) is 16.5. The van der Waals surface area contributed by atoms with E-state index >= 15 is 0 Å². The van der Waals surface area contributed by atoms with E-state index < -0.39 is 5.60 Å². The third-order valence-electron chi connectivity index (χ3n) is 7.06. The van der Waals surface area contributed by atoms with Crippen LogP contribution >= 0.6 is 0 Å². The van der Waals surface area contributed by atoms with Gasteiger partial charge in [0.2, 0.25) is 0 Å². The third kappa shape index (κ3) is 4.82. The Morgan fingerprint density at radius 2 is 2.03 bits per heavy atom. The van der Waals surface area contributed by atoms with Crippen molar-refractivity contribution in [3.63, 3.8) is 0 Å². The number of rotatable bonds is 7. The van der Waals surface area contributed by atoms with Crippen LogP contribution in [-0.4, -0.2) is 55.4 Å². The van der Waals surface area contributed by atoms with Gasteiger partial charge >= 0.3 is 0 Å². The molecule has 2 fully saturated rings. The van der Waals surface area contributed by atoms with Crippen LogP contribution in [0.3, 0.4) is 0 Å². The molecular formula is C27H32N2O5. The number of furan rings is 1. The third-order valence-corrected chi connectivity index (χ3v) is 7.06. The van der Waals surface area contributed by atoms with Crippen molar-refractivity contribution in [2.75, 3.05) is 33.4 Å². The molecule has 5 rings (SSSR count). The topological polar surface area (TPSA) is 84.2 Å². The zero-order valence-corrected chi connectivity index (χ0v) is 19.6. The predicted molar refractivity (Wildman–Crippen MR) is 129 cm³/mol. The minimum Gasteiger partial charge on any atom is -0.496 e. The van der Waals surface area contributed by atoms with Gasteiger partial charge in [-0.25, -0.2) is 0 Å². The van der Waals surface area contributed by atoms with E-state index in [0.717, 1.165) is 61.3 Å².